The van der Waals surface area contributed by atoms with Crippen LogP contribution in [0.3, 0.4) is 0 Å². The summed E-state index contributed by atoms with van der Waals surface area (Å²) in [6.45, 7) is 16.6. The van der Waals surface area contributed by atoms with Crippen molar-refractivity contribution in [1.82, 2.24) is 10.6 Å². The van der Waals surface area contributed by atoms with E-state index in [0.29, 0.717) is 16.9 Å². The molecule has 1 aliphatic rings. The lowest BCUT2D eigenvalue weighted by Gasteiger charge is -2.39. The minimum atomic E-state index is 0.318. The van der Waals surface area contributed by atoms with Gasteiger partial charge in [0.2, 0.25) is 0 Å². The first-order valence-electron chi connectivity index (χ1n) is 6.86. The molecule has 0 aromatic rings. The summed E-state index contributed by atoms with van der Waals surface area (Å²) in [5.41, 5.74) is 0.654. The van der Waals surface area contributed by atoms with E-state index in [4.69, 9.17) is 4.74 Å². The molecule has 0 aromatic heterocycles. The van der Waals surface area contributed by atoms with Gasteiger partial charge in [0.25, 0.3) is 0 Å². The highest BCUT2D eigenvalue weighted by molar-refractivity contribution is 4.84. The number of hydrogen-bond acceptors (Lipinski definition) is 3. The quantitative estimate of drug-likeness (QED) is 0.724. The maximum Gasteiger partial charge on any atom is 0.0712 e. The highest BCUT2D eigenvalue weighted by Gasteiger charge is 2.32. The Morgan fingerprint density at radius 2 is 1.94 bits per heavy atom. The number of nitrogens with one attached hydrogen (secondary N) is 2. The highest BCUT2D eigenvalue weighted by atomic mass is 16.5. The van der Waals surface area contributed by atoms with Crippen LogP contribution in [0.1, 0.15) is 41.0 Å². The van der Waals surface area contributed by atoms with E-state index in [-0.39, 0.29) is 0 Å². The van der Waals surface area contributed by atoms with E-state index in [1.165, 1.54) is 0 Å². The third-order valence-corrected chi connectivity index (χ3v) is 4.24. The van der Waals surface area contributed by atoms with Gasteiger partial charge in [0, 0.05) is 19.6 Å². The Bertz CT molecular complexity index is 215. The van der Waals surface area contributed by atoms with Crippen LogP contribution < -0.4 is 10.6 Å². The molecule has 0 amide bonds. The summed E-state index contributed by atoms with van der Waals surface area (Å²) < 4.78 is 5.67. The number of ether oxygens (including phenoxy) is 1. The molecule has 0 radical (unpaired) electrons. The average molecular weight is 242 g/mol. The second kappa shape index (κ2) is 6.17. The maximum atomic E-state index is 5.67. The molecule has 1 atom stereocenters. The Kier molecular flexibility index (Phi) is 5.42. The van der Waals surface area contributed by atoms with Gasteiger partial charge in [-0.1, -0.05) is 34.6 Å². The molecule has 1 fully saturated rings. The number of morpholine rings is 1. The van der Waals surface area contributed by atoms with Crippen LogP contribution in [0.15, 0.2) is 0 Å². The molecule has 3 heteroatoms. The van der Waals surface area contributed by atoms with Crippen molar-refractivity contribution in [3.8, 4) is 0 Å². The lowest BCUT2D eigenvalue weighted by molar-refractivity contribution is 0.0229. The zero-order chi connectivity index (χ0) is 12.9. The van der Waals surface area contributed by atoms with E-state index >= 15 is 0 Å². The lowest BCUT2D eigenvalue weighted by atomic mass is 9.69. The summed E-state index contributed by atoms with van der Waals surface area (Å²) >= 11 is 0. The molecule has 1 unspecified atom stereocenters. The molecular weight excluding hydrogens is 212 g/mol. The van der Waals surface area contributed by atoms with Gasteiger partial charge in [0.05, 0.1) is 12.7 Å². The molecule has 0 bridgehead atoms. The van der Waals surface area contributed by atoms with Gasteiger partial charge in [-0.05, 0) is 23.8 Å². The monoisotopic (exact) mass is 242 g/mol. The SMILES string of the molecule is CC(C)(C)C(C)(C)CNCCC1CNCCO1. The molecule has 1 heterocycles. The Labute approximate surface area is 107 Å². The van der Waals surface area contributed by atoms with E-state index in [1.807, 2.05) is 0 Å². The summed E-state index contributed by atoms with van der Waals surface area (Å²) in [5, 5.41) is 6.94. The molecular formula is C14H30N2O. The van der Waals surface area contributed by atoms with Gasteiger partial charge in [-0.2, -0.15) is 0 Å². The second-order valence-electron chi connectivity index (χ2n) is 6.80. The first-order chi connectivity index (χ1) is 7.83. The fourth-order valence-electron chi connectivity index (χ4n) is 1.73. The highest BCUT2D eigenvalue weighted by Crippen LogP contribution is 2.36. The van der Waals surface area contributed by atoms with Gasteiger partial charge in [-0.15, -0.1) is 0 Å². The Balaban J connectivity index is 2.15. The summed E-state index contributed by atoms with van der Waals surface area (Å²) in [7, 11) is 0. The van der Waals surface area contributed by atoms with Crippen molar-refractivity contribution in [2.45, 2.75) is 47.1 Å². The number of hydrogen-bond donors (Lipinski definition) is 2. The number of rotatable bonds is 5. The molecule has 17 heavy (non-hydrogen) atoms. The van der Waals surface area contributed by atoms with Crippen LogP contribution in [0.4, 0.5) is 0 Å². The Morgan fingerprint density at radius 1 is 1.24 bits per heavy atom. The lowest BCUT2D eigenvalue weighted by Crippen LogP contribution is -2.42. The minimum Gasteiger partial charge on any atom is -0.376 e. The van der Waals surface area contributed by atoms with Crippen LogP contribution in [-0.2, 0) is 4.74 Å². The van der Waals surface area contributed by atoms with Gasteiger partial charge in [0.1, 0.15) is 0 Å². The van der Waals surface area contributed by atoms with E-state index < -0.39 is 0 Å². The predicted molar refractivity (Wildman–Crippen MR) is 73.3 cm³/mol. The van der Waals surface area contributed by atoms with Gasteiger partial charge >= 0.3 is 0 Å². The van der Waals surface area contributed by atoms with Crippen molar-refractivity contribution in [2.24, 2.45) is 10.8 Å². The summed E-state index contributed by atoms with van der Waals surface area (Å²) in [5.74, 6) is 0. The second-order valence-corrected chi connectivity index (χ2v) is 6.80. The van der Waals surface area contributed by atoms with E-state index in [9.17, 15) is 0 Å². The topological polar surface area (TPSA) is 33.3 Å². The van der Waals surface area contributed by atoms with Gasteiger partial charge in [0.15, 0.2) is 0 Å². The van der Waals surface area contributed by atoms with Gasteiger partial charge < -0.3 is 15.4 Å². The predicted octanol–water partition coefficient (Wildman–Crippen LogP) is 2.03. The molecule has 0 saturated carbocycles. The molecule has 3 nitrogen and oxygen atoms in total. The fraction of sp³-hybridized carbons (Fsp3) is 1.00. The first-order valence-corrected chi connectivity index (χ1v) is 6.86. The zero-order valence-corrected chi connectivity index (χ0v) is 12.2. The van der Waals surface area contributed by atoms with Crippen molar-refractivity contribution in [1.29, 1.82) is 0 Å². The molecule has 0 spiro atoms. The van der Waals surface area contributed by atoms with E-state index in [2.05, 4.69) is 45.3 Å². The minimum absolute atomic E-state index is 0.318. The third-order valence-electron chi connectivity index (χ3n) is 4.24. The fourth-order valence-corrected chi connectivity index (χ4v) is 1.73. The molecule has 1 aliphatic heterocycles. The maximum absolute atomic E-state index is 5.67. The normalized spacial score (nSPS) is 22.8. The van der Waals surface area contributed by atoms with Crippen molar-refractivity contribution in [3.05, 3.63) is 0 Å². The van der Waals surface area contributed by atoms with Crippen LogP contribution in [0.2, 0.25) is 0 Å². The van der Waals surface area contributed by atoms with E-state index in [0.717, 1.165) is 39.2 Å². The van der Waals surface area contributed by atoms with Gasteiger partial charge in [-0.3, -0.25) is 0 Å². The smallest absolute Gasteiger partial charge is 0.0712 e. The molecule has 0 aliphatic carbocycles. The van der Waals surface area contributed by atoms with Crippen molar-refractivity contribution in [3.63, 3.8) is 0 Å². The zero-order valence-electron chi connectivity index (χ0n) is 12.2. The Hall–Kier alpha value is -0.120. The molecule has 1 saturated heterocycles. The third kappa shape index (κ3) is 4.94. The van der Waals surface area contributed by atoms with Crippen LogP contribution in [0.5, 0.6) is 0 Å². The largest absolute Gasteiger partial charge is 0.376 e. The van der Waals surface area contributed by atoms with Crippen LogP contribution in [0.25, 0.3) is 0 Å². The Morgan fingerprint density at radius 3 is 2.47 bits per heavy atom. The summed E-state index contributed by atoms with van der Waals surface area (Å²) in [6, 6.07) is 0. The summed E-state index contributed by atoms with van der Waals surface area (Å²) in [4.78, 5) is 0. The average Bonchev–Trinajstić information content (AvgIpc) is 2.24. The molecule has 102 valence electrons. The van der Waals surface area contributed by atoms with Crippen molar-refractivity contribution < 1.29 is 4.74 Å². The van der Waals surface area contributed by atoms with Gasteiger partial charge in [-0.25, -0.2) is 0 Å². The molecule has 1 rings (SSSR count). The van der Waals surface area contributed by atoms with Crippen LogP contribution >= 0.6 is 0 Å². The van der Waals surface area contributed by atoms with Crippen molar-refractivity contribution in [2.75, 3.05) is 32.8 Å². The van der Waals surface area contributed by atoms with Crippen LogP contribution in [-0.4, -0.2) is 38.9 Å². The standard InChI is InChI=1S/C14H30N2O/c1-13(2,3)14(4,5)11-16-7-6-12-10-15-8-9-17-12/h12,15-16H,6-11H2,1-5H3. The van der Waals surface area contributed by atoms with E-state index in [1.54, 1.807) is 0 Å². The molecule has 2 N–H and O–H groups in total. The summed E-state index contributed by atoms with van der Waals surface area (Å²) in [6.07, 6.45) is 1.50. The van der Waals surface area contributed by atoms with Crippen molar-refractivity contribution >= 4 is 0 Å². The van der Waals surface area contributed by atoms with Crippen LogP contribution in [0, 0.1) is 10.8 Å². The first kappa shape index (κ1) is 14.9. The molecule has 0 aromatic carbocycles.